The molecular weight excluding hydrogens is 431 g/mol. The van der Waals surface area contributed by atoms with Gasteiger partial charge in [-0.1, -0.05) is 30.3 Å². The summed E-state index contributed by atoms with van der Waals surface area (Å²) in [6.45, 7) is 2.51. The third-order valence-corrected chi connectivity index (χ3v) is 6.07. The van der Waals surface area contributed by atoms with Gasteiger partial charge >= 0.3 is 0 Å². The molecule has 1 aliphatic rings. The lowest BCUT2D eigenvalue weighted by Gasteiger charge is -2.36. The molecule has 1 aromatic heterocycles. The number of ether oxygens (including phenoxy) is 1. The number of benzene rings is 3. The van der Waals surface area contributed by atoms with Crippen LogP contribution in [-0.2, 0) is 0 Å². The first kappa shape index (κ1) is 21.7. The van der Waals surface area contributed by atoms with Gasteiger partial charge in [-0.2, -0.15) is 5.10 Å². The normalized spacial score (nSPS) is 13.7. The molecule has 6 nitrogen and oxygen atoms in total. The summed E-state index contributed by atoms with van der Waals surface area (Å²) in [6.07, 6.45) is 1.80. The van der Waals surface area contributed by atoms with Gasteiger partial charge < -0.3 is 14.5 Å². The van der Waals surface area contributed by atoms with Gasteiger partial charge in [0.1, 0.15) is 17.3 Å². The number of aromatic nitrogens is 2. The molecule has 0 atom stereocenters. The van der Waals surface area contributed by atoms with Gasteiger partial charge in [-0.3, -0.25) is 4.79 Å². The zero-order valence-corrected chi connectivity index (χ0v) is 18.9. The number of carbonyl (C=O) groups excluding carboxylic acids is 1. The first-order chi connectivity index (χ1) is 16.6. The number of hydrogen-bond acceptors (Lipinski definition) is 4. The van der Waals surface area contributed by atoms with Crippen LogP contribution in [0.5, 0.6) is 5.75 Å². The highest BCUT2D eigenvalue weighted by atomic mass is 19.1. The number of halogens is 1. The van der Waals surface area contributed by atoms with E-state index in [2.05, 4.69) is 4.90 Å². The number of nitrogens with zero attached hydrogens (tertiary/aromatic N) is 4. The average molecular weight is 457 g/mol. The first-order valence-electron chi connectivity index (χ1n) is 11.2. The van der Waals surface area contributed by atoms with Crippen molar-refractivity contribution < 1.29 is 13.9 Å². The molecule has 0 N–H and O–H groups in total. The van der Waals surface area contributed by atoms with E-state index in [0.29, 0.717) is 43.2 Å². The summed E-state index contributed by atoms with van der Waals surface area (Å²) >= 11 is 0. The molecule has 1 fully saturated rings. The van der Waals surface area contributed by atoms with Crippen LogP contribution in [0.15, 0.2) is 85.1 Å². The van der Waals surface area contributed by atoms with E-state index in [4.69, 9.17) is 9.84 Å². The minimum Gasteiger partial charge on any atom is -0.497 e. The zero-order chi connectivity index (χ0) is 23.5. The number of amides is 1. The highest BCUT2D eigenvalue weighted by molar-refractivity contribution is 6.00. The van der Waals surface area contributed by atoms with Gasteiger partial charge in [0.2, 0.25) is 0 Å². The lowest BCUT2D eigenvalue weighted by molar-refractivity contribution is 0.0747. The Hall–Kier alpha value is -4.13. The molecule has 2 heterocycles. The van der Waals surface area contributed by atoms with Crippen molar-refractivity contribution in [2.24, 2.45) is 0 Å². The van der Waals surface area contributed by atoms with E-state index in [9.17, 15) is 9.18 Å². The van der Waals surface area contributed by atoms with E-state index in [-0.39, 0.29) is 11.7 Å². The Bertz CT molecular complexity index is 1280. The molecule has 3 aromatic carbocycles. The quantitative estimate of drug-likeness (QED) is 0.439. The van der Waals surface area contributed by atoms with Crippen LogP contribution in [0.25, 0.3) is 16.9 Å². The van der Waals surface area contributed by atoms with Gasteiger partial charge in [0.05, 0.1) is 18.4 Å². The molecule has 172 valence electrons. The van der Waals surface area contributed by atoms with Crippen molar-refractivity contribution in [3.8, 4) is 22.7 Å². The molecule has 5 rings (SSSR count). The number of anilines is 1. The van der Waals surface area contributed by atoms with E-state index in [0.717, 1.165) is 16.9 Å². The van der Waals surface area contributed by atoms with Crippen LogP contribution < -0.4 is 9.64 Å². The molecule has 34 heavy (non-hydrogen) atoms. The SMILES string of the molecule is COc1cccc(-c2nn(-c3ccccc3)cc2C(=O)N2CCN(c3ccc(F)cc3)CC2)c1. The van der Waals surface area contributed by atoms with Gasteiger partial charge in [0.15, 0.2) is 0 Å². The standard InChI is InChI=1S/C27H25FN4O2/c1-34-24-9-5-6-20(18-24)26-25(19-32(29-26)23-7-3-2-4-8-23)27(33)31-16-14-30(15-17-31)22-12-10-21(28)11-13-22/h2-13,18-19H,14-17H2,1H3. The Labute approximate surface area is 197 Å². The van der Waals surface area contributed by atoms with Gasteiger partial charge in [-0.15, -0.1) is 0 Å². The summed E-state index contributed by atoms with van der Waals surface area (Å²) in [6, 6.07) is 23.8. The van der Waals surface area contributed by atoms with Gasteiger partial charge in [0, 0.05) is 43.6 Å². The molecule has 4 aromatic rings. The zero-order valence-electron chi connectivity index (χ0n) is 18.9. The Kier molecular flexibility index (Phi) is 5.99. The monoisotopic (exact) mass is 456 g/mol. The van der Waals surface area contributed by atoms with Crippen molar-refractivity contribution in [1.82, 2.24) is 14.7 Å². The molecule has 0 spiro atoms. The molecule has 0 aliphatic carbocycles. The van der Waals surface area contributed by atoms with E-state index in [1.165, 1.54) is 12.1 Å². The van der Waals surface area contributed by atoms with Crippen molar-refractivity contribution in [3.05, 3.63) is 96.4 Å². The average Bonchev–Trinajstić information content (AvgIpc) is 3.35. The molecule has 1 amide bonds. The van der Waals surface area contributed by atoms with Crippen molar-refractivity contribution in [3.63, 3.8) is 0 Å². The summed E-state index contributed by atoms with van der Waals surface area (Å²) in [5.74, 6) is 0.398. The predicted molar refractivity (Wildman–Crippen MR) is 130 cm³/mol. The van der Waals surface area contributed by atoms with Crippen LogP contribution in [0.1, 0.15) is 10.4 Å². The second kappa shape index (κ2) is 9.39. The highest BCUT2D eigenvalue weighted by Gasteiger charge is 2.27. The second-order valence-electron chi connectivity index (χ2n) is 8.16. The van der Waals surface area contributed by atoms with Crippen molar-refractivity contribution in [1.29, 1.82) is 0 Å². The largest absolute Gasteiger partial charge is 0.497 e. The molecule has 7 heteroatoms. The van der Waals surface area contributed by atoms with E-state index < -0.39 is 0 Å². The van der Waals surface area contributed by atoms with E-state index in [1.807, 2.05) is 59.5 Å². The fourth-order valence-electron chi connectivity index (χ4n) is 4.22. The number of hydrogen-bond donors (Lipinski definition) is 0. The molecule has 0 saturated carbocycles. The van der Waals surface area contributed by atoms with Crippen molar-refractivity contribution >= 4 is 11.6 Å². The van der Waals surface area contributed by atoms with Gasteiger partial charge in [0.25, 0.3) is 5.91 Å². The molecular formula is C27H25FN4O2. The number of carbonyl (C=O) groups is 1. The molecule has 0 radical (unpaired) electrons. The van der Waals surface area contributed by atoms with Crippen molar-refractivity contribution in [2.75, 3.05) is 38.2 Å². The maximum absolute atomic E-state index is 13.7. The molecule has 0 unspecified atom stereocenters. The van der Waals surface area contributed by atoms with Gasteiger partial charge in [-0.25, -0.2) is 9.07 Å². The summed E-state index contributed by atoms with van der Waals surface area (Å²) in [5.41, 5.74) is 3.83. The Morgan fingerprint density at radius 2 is 1.62 bits per heavy atom. The maximum atomic E-state index is 13.7. The fraction of sp³-hybridized carbons (Fsp3) is 0.185. The van der Waals surface area contributed by atoms with E-state index >= 15 is 0 Å². The highest BCUT2D eigenvalue weighted by Crippen LogP contribution is 2.28. The smallest absolute Gasteiger partial charge is 0.257 e. The first-order valence-corrected chi connectivity index (χ1v) is 11.2. The second-order valence-corrected chi connectivity index (χ2v) is 8.16. The molecule has 1 saturated heterocycles. The third kappa shape index (κ3) is 4.37. The lowest BCUT2D eigenvalue weighted by Crippen LogP contribution is -2.48. The third-order valence-electron chi connectivity index (χ3n) is 6.07. The summed E-state index contributed by atoms with van der Waals surface area (Å²) in [7, 11) is 1.62. The van der Waals surface area contributed by atoms with Crippen LogP contribution in [0.4, 0.5) is 10.1 Å². The van der Waals surface area contributed by atoms with Crippen molar-refractivity contribution in [2.45, 2.75) is 0 Å². The fourth-order valence-corrected chi connectivity index (χ4v) is 4.22. The van der Waals surface area contributed by atoms with Crippen LogP contribution in [-0.4, -0.2) is 53.9 Å². The Morgan fingerprint density at radius 1 is 0.882 bits per heavy atom. The summed E-state index contributed by atoms with van der Waals surface area (Å²) in [4.78, 5) is 17.7. The molecule has 1 aliphatic heterocycles. The number of methoxy groups -OCH3 is 1. The Morgan fingerprint density at radius 3 is 2.32 bits per heavy atom. The summed E-state index contributed by atoms with van der Waals surface area (Å²) in [5, 5.41) is 4.78. The predicted octanol–water partition coefficient (Wildman–Crippen LogP) is 4.65. The lowest BCUT2D eigenvalue weighted by atomic mass is 10.1. The van der Waals surface area contributed by atoms with Gasteiger partial charge in [-0.05, 0) is 48.5 Å². The number of para-hydroxylation sites is 1. The molecule has 0 bridgehead atoms. The number of rotatable bonds is 5. The minimum atomic E-state index is -0.252. The topological polar surface area (TPSA) is 50.6 Å². The van der Waals surface area contributed by atoms with E-state index in [1.54, 1.807) is 30.1 Å². The van der Waals surface area contributed by atoms with Crippen LogP contribution in [0, 0.1) is 5.82 Å². The Balaban J connectivity index is 1.43. The van der Waals surface area contributed by atoms with Crippen LogP contribution >= 0.6 is 0 Å². The maximum Gasteiger partial charge on any atom is 0.257 e. The number of piperazine rings is 1. The van der Waals surface area contributed by atoms with Crippen LogP contribution in [0.2, 0.25) is 0 Å². The minimum absolute atomic E-state index is 0.0567. The summed E-state index contributed by atoms with van der Waals surface area (Å²) < 4.78 is 20.4. The van der Waals surface area contributed by atoms with Crippen LogP contribution in [0.3, 0.4) is 0 Å².